The van der Waals surface area contributed by atoms with Crippen LogP contribution in [0.2, 0.25) is 0 Å². The molecular formula is C8H13O. The van der Waals surface area contributed by atoms with Crippen molar-refractivity contribution < 1.29 is 4.74 Å². The molecule has 0 aliphatic carbocycles. The van der Waals surface area contributed by atoms with Gasteiger partial charge in [-0.3, -0.25) is 0 Å². The Morgan fingerprint density at radius 3 is 2.11 bits per heavy atom. The Labute approximate surface area is 57.4 Å². The van der Waals surface area contributed by atoms with Gasteiger partial charge in [-0.15, -0.1) is 6.42 Å². The topological polar surface area (TPSA) is 9.23 Å². The lowest BCUT2D eigenvalue weighted by Gasteiger charge is -2.22. The number of hydrogen-bond acceptors (Lipinski definition) is 1. The summed E-state index contributed by atoms with van der Waals surface area (Å²) in [5.41, 5.74) is -0.227. The van der Waals surface area contributed by atoms with Gasteiger partial charge in [-0.25, -0.2) is 0 Å². The van der Waals surface area contributed by atoms with Crippen molar-refractivity contribution in [3.8, 4) is 12.3 Å². The van der Waals surface area contributed by atoms with Crippen molar-refractivity contribution in [2.24, 2.45) is 5.41 Å². The van der Waals surface area contributed by atoms with E-state index in [1.807, 2.05) is 20.8 Å². The lowest BCUT2D eigenvalue weighted by atomic mass is 9.89. The van der Waals surface area contributed by atoms with Gasteiger partial charge in [0, 0.05) is 7.11 Å². The molecule has 1 heteroatoms. The van der Waals surface area contributed by atoms with Gasteiger partial charge in [0.2, 0.25) is 0 Å². The quantitative estimate of drug-likeness (QED) is 0.512. The van der Waals surface area contributed by atoms with Gasteiger partial charge in [-0.2, -0.15) is 0 Å². The summed E-state index contributed by atoms with van der Waals surface area (Å²) in [6.45, 7) is 5.79. The molecule has 0 spiro atoms. The molecule has 0 aliphatic heterocycles. The van der Waals surface area contributed by atoms with Crippen LogP contribution in [0.3, 0.4) is 0 Å². The largest absolute Gasteiger partial charge is 0.374 e. The minimum atomic E-state index is -0.227. The van der Waals surface area contributed by atoms with Crippen molar-refractivity contribution >= 4 is 0 Å². The summed E-state index contributed by atoms with van der Waals surface area (Å²) >= 11 is 0. The van der Waals surface area contributed by atoms with Gasteiger partial charge < -0.3 is 4.74 Å². The maximum atomic E-state index is 5.23. The van der Waals surface area contributed by atoms with Crippen LogP contribution in [0, 0.1) is 23.9 Å². The first-order valence-corrected chi connectivity index (χ1v) is 2.90. The van der Waals surface area contributed by atoms with Crippen LogP contribution in [0.4, 0.5) is 0 Å². The highest BCUT2D eigenvalue weighted by molar-refractivity contribution is 5.11. The highest BCUT2D eigenvalue weighted by Crippen LogP contribution is 2.26. The third-order valence-electron chi connectivity index (χ3n) is 1.55. The zero-order valence-corrected chi connectivity index (χ0v) is 6.49. The summed E-state index contributed by atoms with van der Waals surface area (Å²) in [6, 6.07) is 0. The third kappa shape index (κ3) is 2.07. The fourth-order valence-electron chi connectivity index (χ4n) is 0.357. The molecule has 1 radical (unpaired) electrons. The highest BCUT2D eigenvalue weighted by Gasteiger charge is 2.23. The lowest BCUT2D eigenvalue weighted by molar-refractivity contribution is 0.149. The first kappa shape index (κ1) is 8.52. The van der Waals surface area contributed by atoms with Gasteiger partial charge in [0.05, 0.1) is 5.41 Å². The van der Waals surface area contributed by atoms with Crippen molar-refractivity contribution in [2.75, 3.05) is 7.11 Å². The number of rotatable bonds is 2. The summed E-state index contributed by atoms with van der Waals surface area (Å²) in [7, 11) is 1.63. The van der Waals surface area contributed by atoms with Gasteiger partial charge in [-0.1, -0.05) is 5.92 Å². The molecule has 0 aromatic carbocycles. The predicted molar refractivity (Wildman–Crippen MR) is 38.5 cm³/mol. The minimum absolute atomic E-state index is 0.227. The number of methoxy groups -OCH3 is 1. The number of terminal acetylenes is 1. The minimum Gasteiger partial charge on any atom is -0.374 e. The van der Waals surface area contributed by atoms with Crippen LogP contribution >= 0.6 is 0 Å². The summed E-state index contributed by atoms with van der Waals surface area (Å²) in [5.74, 6) is 2.63. The molecule has 0 saturated carbocycles. The van der Waals surface area contributed by atoms with Gasteiger partial charge >= 0.3 is 0 Å². The van der Waals surface area contributed by atoms with E-state index in [9.17, 15) is 0 Å². The second kappa shape index (κ2) is 2.89. The number of ether oxygens (including phenoxy) is 1. The fourth-order valence-corrected chi connectivity index (χ4v) is 0.357. The average Bonchev–Trinajstić information content (AvgIpc) is 1.86. The van der Waals surface area contributed by atoms with Crippen LogP contribution in [0.15, 0.2) is 0 Å². The summed E-state index contributed by atoms with van der Waals surface area (Å²) in [5, 5.41) is 0. The van der Waals surface area contributed by atoms with Crippen molar-refractivity contribution in [2.45, 2.75) is 20.8 Å². The second-order valence-corrected chi connectivity index (χ2v) is 2.53. The Morgan fingerprint density at radius 2 is 2.00 bits per heavy atom. The van der Waals surface area contributed by atoms with E-state index in [0.717, 1.165) is 6.10 Å². The Morgan fingerprint density at radius 1 is 1.56 bits per heavy atom. The standard InChI is InChI=1S/C8H13O/c1-6-8(3,4)7(2)9-5/h1H,2-5H3. The Bertz CT molecular complexity index is 119. The Balaban J connectivity index is 4.01. The molecule has 0 heterocycles. The molecule has 0 fully saturated rings. The summed E-state index contributed by atoms with van der Waals surface area (Å²) < 4.78 is 4.98. The van der Waals surface area contributed by atoms with Crippen molar-refractivity contribution in [1.29, 1.82) is 0 Å². The van der Waals surface area contributed by atoms with E-state index in [1.54, 1.807) is 7.11 Å². The first-order valence-electron chi connectivity index (χ1n) is 2.90. The van der Waals surface area contributed by atoms with E-state index >= 15 is 0 Å². The summed E-state index contributed by atoms with van der Waals surface area (Å²) in [4.78, 5) is 0. The van der Waals surface area contributed by atoms with E-state index in [1.165, 1.54) is 0 Å². The molecule has 0 aromatic rings. The Hall–Kier alpha value is -0.480. The molecule has 0 rings (SSSR count). The zero-order valence-electron chi connectivity index (χ0n) is 6.49. The molecule has 0 aromatic heterocycles. The molecule has 0 N–H and O–H groups in total. The van der Waals surface area contributed by atoms with Gasteiger partial charge in [0.25, 0.3) is 0 Å². The molecular weight excluding hydrogens is 112 g/mol. The third-order valence-corrected chi connectivity index (χ3v) is 1.55. The molecule has 0 saturated heterocycles. The molecule has 1 nitrogen and oxygen atoms in total. The van der Waals surface area contributed by atoms with E-state index in [0.29, 0.717) is 0 Å². The van der Waals surface area contributed by atoms with Crippen molar-refractivity contribution in [3.63, 3.8) is 0 Å². The highest BCUT2D eigenvalue weighted by atomic mass is 16.5. The zero-order chi connectivity index (χ0) is 7.49. The van der Waals surface area contributed by atoms with Gasteiger partial charge in [0.15, 0.2) is 0 Å². The van der Waals surface area contributed by atoms with Crippen LogP contribution in [-0.4, -0.2) is 7.11 Å². The van der Waals surface area contributed by atoms with E-state index in [4.69, 9.17) is 11.2 Å². The maximum Gasteiger partial charge on any atom is 0.111 e. The molecule has 9 heavy (non-hydrogen) atoms. The van der Waals surface area contributed by atoms with Crippen LogP contribution in [0.1, 0.15) is 20.8 Å². The van der Waals surface area contributed by atoms with Gasteiger partial charge in [0.1, 0.15) is 6.10 Å². The van der Waals surface area contributed by atoms with Crippen molar-refractivity contribution in [1.82, 2.24) is 0 Å². The van der Waals surface area contributed by atoms with Crippen LogP contribution in [0.25, 0.3) is 0 Å². The monoisotopic (exact) mass is 125 g/mol. The van der Waals surface area contributed by atoms with Crippen LogP contribution in [-0.2, 0) is 4.74 Å². The van der Waals surface area contributed by atoms with Crippen LogP contribution in [0.5, 0.6) is 0 Å². The van der Waals surface area contributed by atoms with E-state index in [2.05, 4.69) is 5.92 Å². The van der Waals surface area contributed by atoms with Gasteiger partial charge in [-0.05, 0) is 20.8 Å². The fraction of sp³-hybridized carbons (Fsp3) is 0.625. The van der Waals surface area contributed by atoms with Crippen LogP contribution < -0.4 is 0 Å². The molecule has 0 unspecified atom stereocenters. The average molecular weight is 125 g/mol. The van der Waals surface area contributed by atoms with E-state index in [-0.39, 0.29) is 5.41 Å². The number of hydrogen-bond donors (Lipinski definition) is 0. The second-order valence-electron chi connectivity index (χ2n) is 2.53. The molecule has 0 aliphatic rings. The van der Waals surface area contributed by atoms with Crippen molar-refractivity contribution in [3.05, 3.63) is 6.10 Å². The first-order chi connectivity index (χ1) is 4.04. The molecule has 0 bridgehead atoms. The molecule has 0 amide bonds. The molecule has 51 valence electrons. The smallest absolute Gasteiger partial charge is 0.111 e. The normalized spacial score (nSPS) is 11.6. The lowest BCUT2D eigenvalue weighted by Crippen LogP contribution is -2.18. The maximum absolute atomic E-state index is 5.23. The molecule has 0 atom stereocenters. The van der Waals surface area contributed by atoms with E-state index < -0.39 is 0 Å². The predicted octanol–water partition coefficient (Wildman–Crippen LogP) is 1.84. The SMILES string of the molecule is C#CC(C)(C)[C](C)OC. The summed E-state index contributed by atoms with van der Waals surface area (Å²) in [6.07, 6.45) is 6.11. The Kier molecular flexibility index (Phi) is 2.73.